The van der Waals surface area contributed by atoms with Gasteiger partial charge in [-0.2, -0.15) is 11.3 Å². The zero-order valence-electron chi connectivity index (χ0n) is 11.5. The second-order valence-corrected chi connectivity index (χ2v) is 5.36. The lowest BCUT2D eigenvalue weighted by Crippen LogP contribution is -2.37. The summed E-state index contributed by atoms with van der Waals surface area (Å²) in [5.74, 6) is 0.174. The van der Waals surface area contributed by atoms with E-state index < -0.39 is 0 Å². The maximum atomic E-state index is 12.0. The van der Waals surface area contributed by atoms with Gasteiger partial charge in [0, 0.05) is 13.6 Å². The van der Waals surface area contributed by atoms with Crippen LogP contribution in [0.15, 0.2) is 16.8 Å². The maximum absolute atomic E-state index is 12.0. The lowest BCUT2D eigenvalue weighted by molar-refractivity contribution is -0.131. The molecular formula is C13H23N3OS. The van der Waals surface area contributed by atoms with Crippen molar-refractivity contribution in [2.45, 2.75) is 13.0 Å². The number of thiophene rings is 1. The normalized spacial score (nSPS) is 10.9. The minimum atomic E-state index is 0.174. The van der Waals surface area contributed by atoms with Crippen molar-refractivity contribution in [3.63, 3.8) is 0 Å². The Hall–Kier alpha value is -0.910. The molecule has 0 spiro atoms. The summed E-state index contributed by atoms with van der Waals surface area (Å²) in [6.07, 6.45) is 1.06. The fourth-order valence-electron chi connectivity index (χ4n) is 1.70. The Labute approximate surface area is 114 Å². The molecule has 0 bridgehead atoms. The Morgan fingerprint density at radius 2 is 2.22 bits per heavy atom. The van der Waals surface area contributed by atoms with Gasteiger partial charge in [-0.05, 0) is 56.0 Å². The second kappa shape index (κ2) is 8.24. The first-order valence-electron chi connectivity index (χ1n) is 6.21. The van der Waals surface area contributed by atoms with Crippen LogP contribution in [0, 0.1) is 0 Å². The third-order valence-corrected chi connectivity index (χ3v) is 3.53. The summed E-state index contributed by atoms with van der Waals surface area (Å²) >= 11 is 1.67. The summed E-state index contributed by atoms with van der Waals surface area (Å²) < 4.78 is 0. The first kappa shape index (κ1) is 15.1. The van der Waals surface area contributed by atoms with Crippen molar-refractivity contribution in [2.75, 3.05) is 40.8 Å². The third-order valence-electron chi connectivity index (χ3n) is 2.80. The van der Waals surface area contributed by atoms with E-state index in [4.69, 9.17) is 0 Å². The highest BCUT2D eigenvalue weighted by atomic mass is 32.1. The van der Waals surface area contributed by atoms with Crippen molar-refractivity contribution in [3.05, 3.63) is 22.4 Å². The van der Waals surface area contributed by atoms with Crippen LogP contribution in [0.4, 0.5) is 0 Å². The van der Waals surface area contributed by atoms with Crippen LogP contribution >= 0.6 is 11.3 Å². The summed E-state index contributed by atoms with van der Waals surface area (Å²) in [5, 5.41) is 7.23. The standard InChI is InChI=1S/C13H23N3OS/c1-14-6-4-7-15(2)10-13(17)16(3)9-12-5-8-18-11-12/h5,8,11,14H,4,6-7,9-10H2,1-3H3. The van der Waals surface area contributed by atoms with E-state index in [2.05, 4.69) is 21.7 Å². The molecule has 0 fully saturated rings. The predicted molar refractivity (Wildman–Crippen MR) is 76.8 cm³/mol. The summed E-state index contributed by atoms with van der Waals surface area (Å²) in [4.78, 5) is 15.8. The van der Waals surface area contributed by atoms with Crippen molar-refractivity contribution >= 4 is 17.2 Å². The Bertz CT molecular complexity index is 340. The zero-order valence-corrected chi connectivity index (χ0v) is 12.3. The number of nitrogens with zero attached hydrogens (tertiary/aromatic N) is 2. The number of carbonyl (C=O) groups excluding carboxylic acids is 1. The first-order chi connectivity index (χ1) is 8.63. The molecule has 1 N–H and O–H groups in total. The van der Waals surface area contributed by atoms with Gasteiger partial charge in [0.1, 0.15) is 0 Å². The molecule has 1 rings (SSSR count). The topological polar surface area (TPSA) is 35.6 Å². The van der Waals surface area contributed by atoms with E-state index >= 15 is 0 Å². The molecule has 0 aliphatic heterocycles. The van der Waals surface area contributed by atoms with E-state index in [1.165, 1.54) is 5.56 Å². The van der Waals surface area contributed by atoms with Gasteiger partial charge in [0.2, 0.25) is 5.91 Å². The van der Waals surface area contributed by atoms with Crippen LogP contribution in [0.1, 0.15) is 12.0 Å². The van der Waals surface area contributed by atoms with Gasteiger partial charge in [-0.15, -0.1) is 0 Å². The largest absolute Gasteiger partial charge is 0.340 e. The van der Waals surface area contributed by atoms with Gasteiger partial charge in [-0.1, -0.05) is 0 Å². The van der Waals surface area contributed by atoms with Crippen LogP contribution < -0.4 is 5.32 Å². The number of rotatable bonds is 8. The van der Waals surface area contributed by atoms with Crippen LogP contribution in [0.3, 0.4) is 0 Å². The summed E-state index contributed by atoms with van der Waals surface area (Å²) in [7, 11) is 5.80. The molecule has 0 aromatic carbocycles. The number of hydrogen-bond donors (Lipinski definition) is 1. The molecule has 0 aliphatic carbocycles. The molecule has 0 saturated heterocycles. The first-order valence-corrected chi connectivity index (χ1v) is 7.16. The number of likely N-dealkylation sites (N-methyl/N-ethyl adjacent to an activating group) is 2. The second-order valence-electron chi connectivity index (χ2n) is 4.58. The molecular weight excluding hydrogens is 246 g/mol. The summed E-state index contributed by atoms with van der Waals surface area (Å²) in [6, 6.07) is 2.06. The average molecular weight is 269 g/mol. The summed E-state index contributed by atoms with van der Waals surface area (Å²) in [5.41, 5.74) is 1.20. The molecule has 0 atom stereocenters. The van der Waals surface area contributed by atoms with E-state index in [9.17, 15) is 4.79 Å². The fraction of sp³-hybridized carbons (Fsp3) is 0.615. The van der Waals surface area contributed by atoms with Gasteiger partial charge in [-0.25, -0.2) is 0 Å². The molecule has 1 amide bonds. The molecule has 0 unspecified atom stereocenters. The van der Waals surface area contributed by atoms with E-state index in [1.807, 2.05) is 26.5 Å². The molecule has 1 aromatic rings. The Morgan fingerprint density at radius 1 is 1.44 bits per heavy atom. The van der Waals surface area contributed by atoms with Gasteiger partial charge in [0.25, 0.3) is 0 Å². The van der Waals surface area contributed by atoms with E-state index in [0.29, 0.717) is 13.1 Å². The molecule has 5 heteroatoms. The van der Waals surface area contributed by atoms with Crippen molar-refractivity contribution in [1.82, 2.24) is 15.1 Å². The van der Waals surface area contributed by atoms with Gasteiger partial charge < -0.3 is 10.2 Å². The van der Waals surface area contributed by atoms with E-state index in [1.54, 1.807) is 16.2 Å². The van der Waals surface area contributed by atoms with Gasteiger partial charge in [-0.3, -0.25) is 9.69 Å². The smallest absolute Gasteiger partial charge is 0.236 e. The SMILES string of the molecule is CNCCCN(C)CC(=O)N(C)Cc1ccsc1. The van der Waals surface area contributed by atoms with E-state index in [0.717, 1.165) is 19.5 Å². The summed E-state index contributed by atoms with van der Waals surface area (Å²) in [6.45, 7) is 3.12. The molecule has 102 valence electrons. The van der Waals surface area contributed by atoms with Crippen molar-refractivity contribution in [1.29, 1.82) is 0 Å². The monoisotopic (exact) mass is 269 g/mol. The zero-order chi connectivity index (χ0) is 13.4. The number of carbonyl (C=O) groups is 1. The Morgan fingerprint density at radius 3 is 2.83 bits per heavy atom. The van der Waals surface area contributed by atoms with Gasteiger partial charge in [0.05, 0.1) is 6.54 Å². The van der Waals surface area contributed by atoms with Crippen molar-refractivity contribution in [3.8, 4) is 0 Å². The van der Waals surface area contributed by atoms with Gasteiger partial charge in [0.15, 0.2) is 0 Å². The highest BCUT2D eigenvalue weighted by Crippen LogP contribution is 2.08. The molecule has 4 nitrogen and oxygen atoms in total. The number of amides is 1. The molecule has 18 heavy (non-hydrogen) atoms. The highest BCUT2D eigenvalue weighted by Gasteiger charge is 2.11. The fourth-order valence-corrected chi connectivity index (χ4v) is 2.36. The highest BCUT2D eigenvalue weighted by molar-refractivity contribution is 7.07. The van der Waals surface area contributed by atoms with Crippen LogP contribution in [0.5, 0.6) is 0 Å². The molecule has 1 aromatic heterocycles. The van der Waals surface area contributed by atoms with Crippen LogP contribution in [0.2, 0.25) is 0 Å². The Kier molecular flexibility index (Phi) is 6.93. The lowest BCUT2D eigenvalue weighted by Gasteiger charge is -2.21. The molecule has 0 radical (unpaired) electrons. The molecule has 0 aliphatic rings. The quantitative estimate of drug-likeness (QED) is 0.722. The number of hydrogen-bond acceptors (Lipinski definition) is 4. The Balaban J connectivity index is 2.26. The average Bonchev–Trinajstić information content (AvgIpc) is 2.82. The predicted octanol–water partition coefficient (Wildman–Crippen LogP) is 1.25. The van der Waals surface area contributed by atoms with Crippen LogP contribution in [0.25, 0.3) is 0 Å². The van der Waals surface area contributed by atoms with Crippen LogP contribution in [-0.4, -0.2) is 56.5 Å². The van der Waals surface area contributed by atoms with Crippen molar-refractivity contribution < 1.29 is 4.79 Å². The van der Waals surface area contributed by atoms with Gasteiger partial charge >= 0.3 is 0 Å². The minimum absolute atomic E-state index is 0.174. The molecule has 1 heterocycles. The van der Waals surface area contributed by atoms with Crippen LogP contribution in [-0.2, 0) is 11.3 Å². The number of nitrogens with one attached hydrogen (secondary N) is 1. The van der Waals surface area contributed by atoms with E-state index in [-0.39, 0.29) is 5.91 Å². The molecule has 0 saturated carbocycles. The lowest BCUT2D eigenvalue weighted by atomic mass is 10.3. The van der Waals surface area contributed by atoms with Crippen molar-refractivity contribution in [2.24, 2.45) is 0 Å². The third kappa shape index (κ3) is 5.62. The maximum Gasteiger partial charge on any atom is 0.236 e. The minimum Gasteiger partial charge on any atom is -0.340 e.